The third kappa shape index (κ3) is 15.9. The average Bonchev–Trinajstić information content (AvgIpc) is 3.18. The number of ether oxygens (including phenoxy) is 1. The van der Waals surface area contributed by atoms with Gasteiger partial charge in [0, 0.05) is 18.8 Å². The number of rotatable bonds is 23. The first kappa shape index (κ1) is 31.1. The van der Waals surface area contributed by atoms with Crippen LogP contribution in [0.15, 0.2) is 0 Å². The second-order valence-electron chi connectivity index (χ2n) is 10.7. The summed E-state index contributed by atoms with van der Waals surface area (Å²) in [5, 5.41) is 10.1. The van der Waals surface area contributed by atoms with E-state index in [1.54, 1.807) is 0 Å². The van der Waals surface area contributed by atoms with Gasteiger partial charge in [-0.15, -0.1) is 0 Å². The molecule has 0 spiro atoms. The second kappa shape index (κ2) is 21.4. The number of unbranched alkanes of at least 4 members (excludes halogenated alkanes) is 11. The number of ketones is 1. The van der Waals surface area contributed by atoms with Gasteiger partial charge < -0.3 is 9.84 Å². The molecule has 0 aromatic rings. The number of esters is 1. The van der Waals surface area contributed by atoms with Crippen molar-refractivity contribution in [3.8, 4) is 0 Å². The third-order valence-corrected chi connectivity index (χ3v) is 7.65. The van der Waals surface area contributed by atoms with Crippen LogP contribution in [0.3, 0.4) is 0 Å². The highest BCUT2D eigenvalue weighted by Gasteiger charge is 2.33. The van der Waals surface area contributed by atoms with Crippen LogP contribution in [0.5, 0.6) is 0 Å². The Morgan fingerprint density at radius 2 is 1.44 bits per heavy atom. The molecule has 4 nitrogen and oxygen atoms in total. The van der Waals surface area contributed by atoms with E-state index in [4.69, 9.17) is 4.74 Å². The lowest BCUT2D eigenvalue weighted by atomic mass is 9.86. The molecule has 1 saturated carbocycles. The Kier molecular flexibility index (Phi) is 19.6. The standard InChI is InChI=1S/C30H56O4/c1-3-5-7-8-9-10-13-16-25-34-30(33)22-15-12-11-14-21-28-26(23-24-29(28)32)18-17-20-27(31)19-6-4-2/h26-28,31H,3-25H2,1-2H3/t26-,27?,28+/m0/s1. The number of carbonyl (C=O) groups is 2. The summed E-state index contributed by atoms with van der Waals surface area (Å²) < 4.78 is 5.38. The highest BCUT2D eigenvalue weighted by molar-refractivity contribution is 5.83. The van der Waals surface area contributed by atoms with E-state index in [0.29, 0.717) is 24.7 Å². The fourth-order valence-electron chi connectivity index (χ4n) is 5.40. The zero-order chi connectivity index (χ0) is 24.9. The minimum Gasteiger partial charge on any atom is -0.466 e. The number of Topliss-reactive ketones (excluding diaryl/α,β-unsaturated/α-hetero) is 1. The van der Waals surface area contributed by atoms with E-state index in [2.05, 4.69) is 13.8 Å². The summed E-state index contributed by atoms with van der Waals surface area (Å²) in [6.07, 6.45) is 23.5. The van der Waals surface area contributed by atoms with Gasteiger partial charge in [-0.3, -0.25) is 9.59 Å². The molecule has 0 radical (unpaired) electrons. The van der Waals surface area contributed by atoms with Gasteiger partial charge in [0.1, 0.15) is 5.78 Å². The summed E-state index contributed by atoms with van der Waals surface area (Å²) in [7, 11) is 0. The Morgan fingerprint density at radius 3 is 2.18 bits per heavy atom. The normalized spacial score (nSPS) is 19.0. The number of aliphatic hydroxyl groups is 1. The molecule has 34 heavy (non-hydrogen) atoms. The van der Waals surface area contributed by atoms with Crippen LogP contribution < -0.4 is 0 Å². The molecule has 0 amide bonds. The highest BCUT2D eigenvalue weighted by atomic mass is 16.5. The van der Waals surface area contributed by atoms with Gasteiger partial charge in [0.15, 0.2) is 0 Å². The first-order valence-corrected chi connectivity index (χ1v) is 14.9. The van der Waals surface area contributed by atoms with Crippen LogP contribution in [0, 0.1) is 11.8 Å². The summed E-state index contributed by atoms with van der Waals surface area (Å²) in [6.45, 7) is 4.98. The van der Waals surface area contributed by atoms with Crippen LogP contribution >= 0.6 is 0 Å². The first-order valence-electron chi connectivity index (χ1n) is 14.9. The van der Waals surface area contributed by atoms with Crippen LogP contribution in [0.25, 0.3) is 0 Å². The number of hydrogen-bond acceptors (Lipinski definition) is 4. The van der Waals surface area contributed by atoms with Crippen LogP contribution in [-0.4, -0.2) is 29.6 Å². The molecule has 1 N–H and O–H groups in total. The summed E-state index contributed by atoms with van der Waals surface area (Å²) in [6, 6.07) is 0. The van der Waals surface area contributed by atoms with Crippen LogP contribution in [0.4, 0.5) is 0 Å². The Labute approximate surface area is 211 Å². The summed E-state index contributed by atoms with van der Waals surface area (Å²) in [4.78, 5) is 24.2. The summed E-state index contributed by atoms with van der Waals surface area (Å²) >= 11 is 0. The van der Waals surface area contributed by atoms with Gasteiger partial charge in [0.25, 0.3) is 0 Å². The predicted molar refractivity (Wildman–Crippen MR) is 142 cm³/mol. The summed E-state index contributed by atoms with van der Waals surface area (Å²) in [5.41, 5.74) is 0. The first-order chi connectivity index (χ1) is 16.6. The van der Waals surface area contributed by atoms with E-state index in [1.807, 2.05) is 0 Å². The van der Waals surface area contributed by atoms with Crippen molar-refractivity contribution in [3.63, 3.8) is 0 Å². The molecule has 1 aliphatic carbocycles. The Hall–Kier alpha value is -0.900. The van der Waals surface area contributed by atoms with Gasteiger partial charge in [-0.05, 0) is 50.9 Å². The van der Waals surface area contributed by atoms with Crippen molar-refractivity contribution in [2.45, 2.75) is 161 Å². The maximum absolute atomic E-state index is 12.3. The molecule has 0 aromatic carbocycles. The molecule has 1 aliphatic rings. The Bertz CT molecular complexity index is 504. The zero-order valence-electron chi connectivity index (χ0n) is 22.7. The fourth-order valence-corrected chi connectivity index (χ4v) is 5.40. The molecule has 1 rings (SSSR count). The second-order valence-corrected chi connectivity index (χ2v) is 10.7. The molecule has 0 heterocycles. The smallest absolute Gasteiger partial charge is 0.305 e. The fraction of sp³-hybridized carbons (Fsp3) is 0.933. The predicted octanol–water partition coefficient (Wildman–Crippen LogP) is 8.33. The monoisotopic (exact) mass is 480 g/mol. The van der Waals surface area contributed by atoms with E-state index in [-0.39, 0.29) is 18.0 Å². The van der Waals surface area contributed by atoms with Crippen molar-refractivity contribution in [1.29, 1.82) is 0 Å². The maximum atomic E-state index is 12.3. The lowest BCUT2D eigenvalue weighted by Gasteiger charge is -2.19. The van der Waals surface area contributed by atoms with E-state index < -0.39 is 0 Å². The van der Waals surface area contributed by atoms with Crippen molar-refractivity contribution >= 4 is 11.8 Å². The molecular formula is C30H56O4. The average molecular weight is 481 g/mol. The third-order valence-electron chi connectivity index (χ3n) is 7.65. The molecule has 200 valence electrons. The van der Waals surface area contributed by atoms with E-state index in [9.17, 15) is 14.7 Å². The quantitative estimate of drug-likeness (QED) is 0.118. The molecule has 0 bridgehead atoms. The van der Waals surface area contributed by atoms with Crippen LogP contribution in [0.1, 0.15) is 155 Å². The van der Waals surface area contributed by atoms with Gasteiger partial charge in [-0.25, -0.2) is 0 Å². The van der Waals surface area contributed by atoms with Crippen molar-refractivity contribution in [2.75, 3.05) is 6.61 Å². The van der Waals surface area contributed by atoms with E-state index in [1.165, 1.54) is 44.9 Å². The van der Waals surface area contributed by atoms with Crippen molar-refractivity contribution < 1.29 is 19.4 Å². The topological polar surface area (TPSA) is 63.6 Å². The molecule has 0 saturated heterocycles. The van der Waals surface area contributed by atoms with Crippen molar-refractivity contribution in [3.05, 3.63) is 0 Å². The van der Waals surface area contributed by atoms with Gasteiger partial charge in [-0.2, -0.15) is 0 Å². The molecule has 1 fully saturated rings. The minimum absolute atomic E-state index is 0.0462. The SMILES string of the molecule is CCCCCCCCCCOC(=O)CCCCCC[C@H]1C(=O)CC[C@@H]1CCCC(O)CCCC. The molecule has 0 aromatic heterocycles. The van der Waals surface area contributed by atoms with Crippen molar-refractivity contribution in [1.82, 2.24) is 0 Å². The number of hydrogen-bond donors (Lipinski definition) is 1. The Balaban J connectivity index is 1.99. The molecule has 0 aliphatic heterocycles. The molecule has 4 heteroatoms. The minimum atomic E-state index is -0.164. The van der Waals surface area contributed by atoms with Crippen LogP contribution in [-0.2, 0) is 14.3 Å². The number of carbonyl (C=O) groups excluding carboxylic acids is 2. The van der Waals surface area contributed by atoms with Gasteiger partial charge in [-0.1, -0.05) is 97.3 Å². The van der Waals surface area contributed by atoms with Gasteiger partial charge in [0.2, 0.25) is 0 Å². The van der Waals surface area contributed by atoms with Gasteiger partial charge >= 0.3 is 5.97 Å². The molecule has 1 unspecified atom stereocenters. The van der Waals surface area contributed by atoms with E-state index >= 15 is 0 Å². The molecular weight excluding hydrogens is 424 g/mol. The van der Waals surface area contributed by atoms with Gasteiger partial charge in [0.05, 0.1) is 12.7 Å². The van der Waals surface area contributed by atoms with Crippen molar-refractivity contribution in [2.24, 2.45) is 11.8 Å². The van der Waals surface area contributed by atoms with E-state index in [0.717, 1.165) is 89.9 Å². The molecule has 3 atom stereocenters. The highest BCUT2D eigenvalue weighted by Crippen LogP contribution is 2.36. The number of aliphatic hydroxyl groups excluding tert-OH is 1. The largest absolute Gasteiger partial charge is 0.466 e. The Morgan fingerprint density at radius 1 is 0.824 bits per heavy atom. The summed E-state index contributed by atoms with van der Waals surface area (Å²) in [5.74, 6) is 1.18. The maximum Gasteiger partial charge on any atom is 0.305 e. The zero-order valence-corrected chi connectivity index (χ0v) is 22.7. The lowest BCUT2D eigenvalue weighted by Crippen LogP contribution is -2.16. The van der Waals surface area contributed by atoms with Crippen LogP contribution in [0.2, 0.25) is 0 Å². The lowest BCUT2D eigenvalue weighted by molar-refractivity contribution is -0.143.